The maximum atomic E-state index is 2.58. The summed E-state index contributed by atoms with van der Waals surface area (Å²) < 4.78 is 0. The maximum Gasteiger partial charge on any atom is 0.0387 e. The summed E-state index contributed by atoms with van der Waals surface area (Å²) in [5.74, 6) is 0. The summed E-state index contributed by atoms with van der Waals surface area (Å²) in [6.45, 7) is 8.80. The first-order chi connectivity index (χ1) is 11.8. The number of hydrogen-bond acceptors (Lipinski definition) is 2. The van der Waals surface area contributed by atoms with Gasteiger partial charge >= 0.3 is 0 Å². The fourth-order valence-corrected chi connectivity index (χ4v) is 2.92. The van der Waals surface area contributed by atoms with Crippen LogP contribution in [0.1, 0.15) is 50.7 Å². The zero-order valence-corrected chi connectivity index (χ0v) is 15.3. The van der Waals surface area contributed by atoms with Crippen molar-refractivity contribution in [3.63, 3.8) is 0 Å². The maximum absolute atomic E-state index is 2.58. The molecule has 2 aromatic rings. The number of hydrogen-bond donors (Lipinski definition) is 0. The molecule has 2 heteroatoms. The zero-order chi connectivity index (χ0) is 17.0. The van der Waals surface area contributed by atoms with Gasteiger partial charge in [0.2, 0.25) is 0 Å². The molecule has 0 heterocycles. The van der Waals surface area contributed by atoms with Gasteiger partial charge in [0.05, 0.1) is 0 Å². The Balaban J connectivity index is 2.14. The molecule has 0 saturated heterocycles. The van der Waals surface area contributed by atoms with Crippen molar-refractivity contribution in [2.24, 2.45) is 0 Å². The van der Waals surface area contributed by atoms with Gasteiger partial charge < -0.3 is 0 Å². The summed E-state index contributed by atoms with van der Waals surface area (Å²) >= 11 is 0. The Morgan fingerprint density at radius 1 is 0.583 bits per heavy atom. The third-order valence-electron chi connectivity index (χ3n) is 4.36. The van der Waals surface area contributed by atoms with E-state index in [0.717, 1.165) is 26.2 Å². The molecule has 2 aromatic carbocycles. The minimum Gasteiger partial charge on any atom is -0.241 e. The van der Waals surface area contributed by atoms with E-state index in [1.54, 1.807) is 0 Å². The third-order valence-corrected chi connectivity index (χ3v) is 4.36. The molecule has 2 nitrogen and oxygen atoms in total. The minimum atomic E-state index is 0.975. The highest BCUT2D eigenvalue weighted by Crippen LogP contribution is 2.14. The van der Waals surface area contributed by atoms with Crippen LogP contribution in [0, 0.1) is 0 Å². The van der Waals surface area contributed by atoms with Gasteiger partial charge in [-0.15, -0.1) is 0 Å². The molecule has 2 rings (SSSR count). The van der Waals surface area contributed by atoms with E-state index in [9.17, 15) is 0 Å². The first-order valence-corrected chi connectivity index (χ1v) is 9.41. The van der Waals surface area contributed by atoms with Crippen LogP contribution in [-0.2, 0) is 13.1 Å². The molecule has 0 N–H and O–H groups in total. The lowest BCUT2D eigenvalue weighted by Gasteiger charge is -2.35. The molecule has 0 unspecified atom stereocenters. The van der Waals surface area contributed by atoms with E-state index in [1.165, 1.54) is 36.8 Å². The molecule has 0 radical (unpaired) electrons. The third kappa shape index (κ3) is 6.46. The van der Waals surface area contributed by atoms with Gasteiger partial charge in [0.1, 0.15) is 0 Å². The second kappa shape index (κ2) is 11.0. The van der Waals surface area contributed by atoms with Crippen molar-refractivity contribution in [2.45, 2.75) is 52.6 Å². The number of rotatable bonds is 11. The predicted octanol–water partition coefficient (Wildman–Crippen LogP) is 5.51. The fourth-order valence-electron chi connectivity index (χ4n) is 2.92. The van der Waals surface area contributed by atoms with Gasteiger partial charge in [-0.2, -0.15) is 0 Å². The smallest absolute Gasteiger partial charge is 0.0387 e. The van der Waals surface area contributed by atoms with Crippen LogP contribution in [0.2, 0.25) is 0 Å². The molecular weight excluding hydrogens is 292 g/mol. The van der Waals surface area contributed by atoms with E-state index in [1.807, 2.05) is 0 Å². The average Bonchev–Trinajstić information content (AvgIpc) is 2.63. The summed E-state index contributed by atoms with van der Waals surface area (Å²) in [4.78, 5) is 0. The number of hydrazine groups is 1. The lowest BCUT2D eigenvalue weighted by atomic mass is 10.2. The quantitative estimate of drug-likeness (QED) is 0.503. The highest BCUT2D eigenvalue weighted by atomic mass is 15.6. The highest BCUT2D eigenvalue weighted by Gasteiger charge is 2.15. The molecule has 0 aromatic heterocycles. The largest absolute Gasteiger partial charge is 0.241 e. The Hall–Kier alpha value is -1.64. The van der Waals surface area contributed by atoms with Crippen molar-refractivity contribution in [2.75, 3.05) is 13.1 Å². The monoisotopic (exact) mass is 324 g/mol. The van der Waals surface area contributed by atoms with Crippen molar-refractivity contribution in [1.82, 2.24) is 10.0 Å². The van der Waals surface area contributed by atoms with Crippen LogP contribution in [0.5, 0.6) is 0 Å². The second-order valence-electron chi connectivity index (χ2n) is 6.45. The second-order valence-corrected chi connectivity index (χ2v) is 6.45. The molecule has 0 atom stereocenters. The predicted molar refractivity (Wildman–Crippen MR) is 104 cm³/mol. The SMILES string of the molecule is CCCCN(CCCC)N(Cc1ccccc1)Cc1ccccc1. The van der Waals surface area contributed by atoms with Gasteiger partial charge in [0, 0.05) is 26.2 Å². The molecule has 0 aliphatic carbocycles. The Bertz CT molecular complexity index is 489. The molecule has 0 bridgehead atoms. The van der Waals surface area contributed by atoms with Crippen LogP contribution < -0.4 is 0 Å². The lowest BCUT2D eigenvalue weighted by Crippen LogP contribution is -2.43. The van der Waals surface area contributed by atoms with E-state index < -0.39 is 0 Å². The van der Waals surface area contributed by atoms with Gasteiger partial charge in [-0.3, -0.25) is 0 Å². The molecule has 0 spiro atoms. The Labute approximate surface area is 148 Å². The average molecular weight is 325 g/mol. The molecule has 0 aliphatic heterocycles. The molecule has 0 fully saturated rings. The molecule has 24 heavy (non-hydrogen) atoms. The number of benzene rings is 2. The summed E-state index contributed by atoms with van der Waals surface area (Å²) in [5, 5.41) is 5.11. The van der Waals surface area contributed by atoms with Gasteiger partial charge in [-0.05, 0) is 24.0 Å². The lowest BCUT2D eigenvalue weighted by molar-refractivity contribution is -0.0434. The standard InChI is InChI=1S/C22H32N2/c1-3-5-17-23(18-6-4-2)24(19-21-13-9-7-10-14-21)20-22-15-11-8-12-16-22/h7-16H,3-6,17-20H2,1-2H3. The molecule has 0 saturated carbocycles. The van der Waals surface area contributed by atoms with E-state index in [-0.39, 0.29) is 0 Å². The van der Waals surface area contributed by atoms with Crippen LogP contribution in [0.3, 0.4) is 0 Å². The van der Waals surface area contributed by atoms with Crippen molar-refractivity contribution in [3.05, 3.63) is 71.8 Å². The molecular formula is C22H32N2. The van der Waals surface area contributed by atoms with E-state index >= 15 is 0 Å². The van der Waals surface area contributed by atoms with Gasteiger partial charge in [-0.25, -0.2) is 10.0 Å². The van der Waals surface area contributed by atoms with E-state index in [0.29, 0.717) is 0 Å². The first-order valence-electron chi connectivity index (χ1n) is 9.41. The van der Waals surface area contributed by atoms with Gasteiger partial charge in [0.15, 0.2) is 0 Å². The Morgan fingerprint density at radius 3 is 1.38 bits per heavy atom. The first kappa shape index (κ1) is 18.7. The fraction of sp³-hybridized carbons (Fsp3) is 0.455. The van der Waals surface area contributed by atoms with Crippen molar-refractivity contribution < 1.29 is 0 Å². The topological polar surface area (TPSA) is 6.48 Å². The van der Waals surface area contributed by atoms with Crippen LogP contribution in [0.25, 0.3) is 0 Å². The van der Waals surface area contributed by atoms with Crippen molar-refractivity contribution in [1.29, 1.82) is 0 Å². The normalized spacial score (nSPS) is 11.3. The minimum absolute atomic E-state index is 0.975. The zero-order valence-electron chi connectivity index (χ0n) is 15.3. The van der Waals surface area contributed by atoms with E-state index in [4.69, 9.17) is 0 Å². The molecule has 130 valence electrons. The molecule has 0 aliphatic rings. The summed E-state index contributed by atoms with van der Waals surface area (Å²) in [7, 11) is 0. The van der Waals surface area contributed by atoms with Gasteiger partial charge in [0.25, 0.3) is 0 Å². The highest BCUT2D eigenvalue weighted by molar-refractivity contribution is 5.16. The number of unbranched alkanes of at least 4 members (excludes halogenated alkanes) is 2. The Morgan fingerprint density at radius 2 is 1.00 bits per heavy atom. The summed E-state index contributed by atoms with van der Waals surface area (Å²) in [5.41, 5.74) is 2.76. The van der Waals surface area contributed by atoms with Crippen molar-refractivity contribution >= 4 is 0 Å². The van der Waals surface area contributed by atoms with Crippen LogP contribution in [0.15, 0.2) is 60.7 Å². The number of nitrogens with zero attached hydrogens (tertiary/aromatic N) is 2. The van der Waals surface area contributed by atoms with E-state index in [2.05, 4.69) is 84.5 Å². The van der Waals surface area contributed by atoms with Crippen LogP contribution in [0.4, 0.5) is 0 Å². The Kier molecular flexibility index (Phi) is 8.58. The summed E-state index contributed by atoms with van der Waals surface area (Å²) in [6, 6.07) is 21.7. The molecule has 0 amide bonds. The summed E-state index contributed by atoms with van der Waals surface area (Å²) in [6.07, 6.45) is 4.99. The van der Waals surface area contributed by atoms with Crippen LogP contribution in [-0.4, -0.2) is 23.1 Å². The van der Waals surface area contributed by atoms with Crippen molar-refractivity contribution in [3.8, 4) is 0 Å². The van der Waals surface area contributed by atoms with Crippen LogP contribution >= 0.6 is 0 Å². The van der Waals surface area contributed by atoms with Gasteiger partial charge in [-0.1, -0.05) is 87.4 Å².